The summed E-state index contributed by atoms with van der Waals surface area (Å²) in [7, 11) is 0. The molecule has 6 nitrogen and oxygen atoms in total. The van der Waals surface area contributed by atoms with Crippen molar-refractivity contribution in [3.05, 3.63) is 129 Å². The third-order valence-corrected chi connectivity index (χ3v) is 6.03. The summed E-state index contributed by atoms with van der Waals surface area (Å²) in [6, 6.07) is 18.9. The van der Waals surface area contributed by atoms with Gasteiger partial charge in [0, 0.05) is 71.0 Å². The molecule has 3 aromatic heterocycles. The number of halogens is 2. The average molecular weight is 487 g/mol. The molecule has 0 aliphatic rings. The number of benzene rings is 2. The van der Waals surface area contributed by atoms with Gasteiger partial charge in [-0.2, -0.15) is 0 Å². The van der Waals surface area contributed by atoms with E-state index in [4.69, 9.17) is 11.6 Å². The van der Waals surface area contributed by atoms with Crippen molar-refractivity contribution in [1.29, 1.82) is 0 Å². The molecule has 0 fully saturated rings. The standard InChI is InChI=1S/C27H20ClFN4O2/c28-23-16-31-25-14-24(29)19(13-22(23)25)15-32-27(35)18-7-8-30-20(12-18)10-17-4-3-5-21(11-17)33-9-2-1-6-26(33)34/h1-9,11-14,16,31H,10,15H2,(H,32,35). The largest absolute Gasteiger partial charge is 0.360 e. The topological polar surface area (TPSA) is 79.8 Å². The maximum Gasteiger partial charge on any atom is 0.255 e. The Labute approximate surface area is 205 Å². The number of carbonyl (C=O) groups is 1. The van der Waals surface area contributed by atoms with Gasteiger partial charge in [-0.05, 0) is 48.0 Å². The van der Waals surface area contributed by atoms with Gasteiger partial charge in [0.15, 0.2) is 0 Å². The average Bonchev–Trinajstić information content (AvgIpc) is 3.22. The van der Waals surface area contributed by atoms with E-state index in [-0.39, 0.29) is 18.0 Å². The highest BCUT2D eigenvalue weighted by Gasteiger charge is 2.12. The van der Waals surface area contributed by atoms with Gasteiger partial charge in [0.05, 0.1) is 5.02 Å². The number of hydrogen-bond acceptors (Lipinski definition) is 3. The molecule has 0 atom stereocenters. The van der Waals surface area contributed by atoms with Gasteiger partial charge in [-0.25, -0.2) is 4.39 Å². The van der Waals surface area contributed by atoms with E-state index in [9.17, 15) is 14.0 Å². The minimum atomic E-state index is -0.427. The summed E-state index contributed by atoms with van der Waals surface area (Å²) in [6.45, 7) is 0.0215. The number of hydrogen-bond donors (Lipinski definition) is 2. The van der Waals surface area contributed by atoms with Crippen molar-refractivity contribution in [2.75, 3.05) is 0 Å². The molecule has 0 saturated carbocycles. The number of fused-ring (bicyclic) bond motifs is 1. The van der Waals surface area contributed by atoms with Gasteiger partial charge >= 0.3 is 0 Å². The van der Waals surface area contributed by atoms with Crippen LogP contribution >= 0.6 is 11.6 Å². The first kappa shape index (κ1) is 22.6. The van der Waals surface area contributed by atoms with Gasteiger partial charge in [-0.3, -0.25) is 19.1 Å². The molecule has 2 aromatic carbocycles. The van der Waals surface area contributed by atoms with Crippen LogP contribution in [0, 0.1) is 5.82 Å². The minimum Gasteiger partial charge on any atom is -0.360 e. The second-order valence-corrected chi connectivity index (χ2v) is 8.51. The van der Waals surface area contributed by atoms with Crippen LogP contribution < -0.4 is 10.9 Å². The number of carbonyl (C=O) groups excluding carboxylic acids is 1. The predicted molar refractivity (Wildman–Crippen MR) is 134 cm³/mol. The third-order valence-electron chi connectivity index (χ3n) is 5.71. The molecule has 2 N–H and O–H groups in total. The Morgan fingerprint density at radius 2 is 1.97 bits per heavy atom. The number of pyridine rings is 2. The van der Waals surface area contributed by atoms with Gasteiger partial charge in [-0.1, -0.05) is 29.8 Å². The Hall–Kier alpha value is -4.23. The molecule has 0 bridgehead atoms. The van der Waals surface area contributed by atoms with E-state index in [1.807, 2.05) is 24.3 Å². The summed E-state index contributed by atoms with van der Waals surface area (Å²) in [4.78, 5) is 32.2. The SMILES string of the molecule is O=C(NCc1cc2c(Cl)c[nH]c2cc1F)c1ccnc(Cc2cccc(-n3ccccc3=O)c2)c1. The van der Waals surface area contributed by atoms with Crippen LogP contribution in [-0.2, 0) is 13.0 Å². The van der Waals surface area contributed by atoms with Crippen molar-refractivity contribution >= 4 is 28.4 Å². The molecule has 0 aliphatic heterocycles. The quantitative estimate of drug-likeness (QED) is 0.353. The zero-order chi connectivity index (χ0) is 24.4. The molecule has 5 aromatic rings. The maximum absolute atomic E-state index is 14.4. The summed E-state index contributed by atoms with van der Waals surface area (Å²) < 4.78 is 16.0. The van der Waals surface area contributed by atoms with E-state index in [1.165, 1.54) is 12.1 Å². The summed E-state index contributed by atoms with van der Waals surface area (Å²) in [5.41, 5.74) is 3.65. The molecule has 174 valence electrons. The fourth-order valence-electron chi connectivity index (χ4n) is 3.95. The van der Waals surface area contributed by atoms with Crippen molar-refractivity contribution < 1.29 is 9.18 Å². The summed E-state index contributed by atoms with van der Waals surface area (Å²) >= 11 is 6.13. The van der Waals surface area contributed by atoms with Crippen LogP contribution in [0.5, 0.6) is 0 Å². The van der Waals surface area contributed by atoms with Crippen LogP contribution in [0.15, 0.2) is 90.1 Å². The van der Waals surface area contributed by atoms with E-state index in [0.29, 0.717) is 39.2 Å². The minimum absolute atomic E-state index is 0.0215. The Balaban J connectivity index is 1.30. The van der Waals surface area contributed by atoms with Crippen LogP contribution in [-0.4, -0.2) is 20.4 Å². The number of nitrogens with one attached hydrogen (secondary N) is 2. The number of amides is 1. The predicted octanol–water partition coefficient (Wildman–Crippen LogP) is 5.03. The normalized spacial score (nSPS) is 11.0. The van der Waals surface area contributed by atoms with Crippen LogP contribution in [0.3, 0.4) is 0 Å². The zero-order valence-electron chi connectivity index (χ0n) is 18.5. The molecule has 0 aliphatic carbocycles. The second-order valence-electron chi connectivity index (χ2n) is 8.10. The fourth-order valence-corrected chi connectivity index (χ4v) is 4.16. The van der Waals surface area contributed by atoms with E-state index in [2.05, 4.69) is 15.3 Å². The Kier molecular flexibility index (Phi) is 6.16. The second kappa shape index (κ2) is 9.56. The van der Waals surface area contributed by atoms with Crippen LogP contribution in [0.25, 0.3) is 16.6 Å². The molecule has 0 spiro atoms. The highest BCUT2D eigenvalue weighted by molar-refractivity contribution is 6.35. The van der Waals surface area contributed by atoms with Crippen LogP contribution in [0.4, 0.5) is 4.39 Å². The molecule has 1 amide bonds. The summed E-state index contributed by atoms with van der Waals surface area (Å²) in [5.74, 6) is -0.762. The lowest BCUT2D eigenvalue weighted by atomic mass is 10.1. The molecule has 0 saturated heterocycles. The van der Waals surface area contributed by atoms with Crippen molar-refractivity contribution in [2.45, 2.75) is 13.0 Å². The fraction of sp³-hybridized carbons (Fsp3) is 0.0741. The number of nitrogens with zero attached hydrogens (tertiary/aromatic N) is 2. The first-order valence-corrected chi connectivity index (χ1v) is 11.3. The van der Waals surface area contributed by atoms with Gasteiger partial charge in [0.2, 0.25) is 0 Å². The van der Waals surface area contributed by atoms with E-state index in [0.717, 1.165) is 11.3 Å². The van der Waals surface area contributed by atoms with Crippen molar-refractivity contribution in [3.8, 4) is 5.69 Å². The zero-order valence-corrected chi connectivity index (χ0v) is 19.2. The lowest BCUT2D eigenvalue weighted by Crippen LogP contribution is -2.23. The smallest absolute Gasteiger partial charge is 0.255 e. The number of aromatic nitrogens is 3. The highest BCUT2D eigenvalue weighted by atomic mass is 35.5. The van der Waals surface area contributed by atoms with Crippen LogP contribution in [0.2, 0.25) is 5.02 Å². The first-order valence-electron chi connectivity index (χ1n) is 10.9. The highest BCUT2D eigenvalue weighted by Crippen LogP contribution is 2.25. The Bertz CT molecular complexity index is 1610. The lowest BCUT2D eigenvalue weighted by Gasteiger charge is -2.09. The van der Waals surface area contributed by atoms with E-state index in [1.54, 1.807) is 53.5 Å². The lowest BCUT2D eigenvalue weighted by molar-refractivity contribution is 0.0950. The molecular formula is C27H20ClFN4O2. The molecule has 0 unspecified atom stereocenters. The van der Waals surface area contributed by atoms with Crippen molar-refractivity contribution in [3.63, 3.8) is 0 Å². The summed E-state index contributed by atoms with van der Waals surface area (Å²) in [6.07, 6.45) is 5.37. The first-order chi connectivity index (χ1) is 17.0. The van der Waals surface area contributed by atoms with Gasteiger partial charge < -0.3 is 10.3 Å². The molecule has 5 rings (SSSR count). The molecule has 0 radical (unpaired) electrons. The molecule has 35 heavy (non-hydrogen) atoms. The maximum atomic E-state index is 14.4. The van der Waals surface area contributed by atoms with E-state index < -0.39 is 5.82 Å². The summed E-state index contributed by atoms with van der Waals surface area (Å²) in [5, 5.41) is 3.95. The Morgan fingerprint density at radius 3 is 2.83 bits per heavy atom. The molecule has 3 heterocycles. The number of rotatable bonds is 6. The number of aromatic amines is 1. The molecule has 8 heteroatoms. The molecular weight excluding hydrogens is 467 g/mol. The third kappa shape index (κ3) is 4.85. The van der Waals surface area contributed by atoms with Crippen molar-refractivity contribution in [2.24, 2.45) is 0 Å². The van der Waals surface area contributed by atoms with Crippen molar-refractivity contribution in [1.82, 2.24) is 19.9 Å². The monoisotopic (exact) mass is 486 g/mol. The van der Waals surface area contributed by atoms with Gasteiger partial charge in [0.1, 0.15) is 5.82 Å². The Morgan fingerprint density at radius 1 is 1.09 bits per heavy atom. The van der Waals surface area contributed by atoms with Gasteiger partial charge in [-0.15, -0.1) is 0 Å². The van der Waals surface area contributed by atoms with Crippen LogP contribution in [0.1, 0.15) is 27.2 Å². The van der Waals surface area contributed by atoms with E-state index >= 15 is 0 Å². The number of H-pyrrole nitrogens is 1. The van der Waals surface area contributed by atoms with Gasteiger partial charge in [0.25, 0.3) is 11.5 Å².